The van der Waals surface area contributed by atoms with Crippen LogP contribution < -0.4 is 0 Å². The second-order valence-electron chi connectivity index (χ2n) is 5.92. The van der Waals surface area contributed by atoms with E-state index >= 15 is 0 Å². The van der Waals surface area contributed by atoms with Gasteiger partial charge in [-0.3, -0.25) is 4.79 Å². The van der Waals surface area contributed by atoms with Crippen molar-refractivity contribution in [3.05, 3.63) is 34.9 Å². The van der Waals surface area contributed by atoms with Gasteiger partial charge in [-0.2, -0.15) is 0 Å². The van der Waals surface area contributed by atoms with Crippen LogP contribution >= 0.6 is 11.6 Å². The molecule has 1 aromatic rings. The fraction of sp³-hybridized carbons (Fsp3) is 0.588. The van der Waals surface area contributed by atoms with Crippen molar-refractivity contribution in [3.63, 3.8) is 0 Å². The smallest absolute Gasteiger partial charge is 0.222 e. The lowest BCUT2D eigenvalue weighted by molar-refractivity contribution is -0.130. The van der Waals surface area contributed by atoms with E-state index in [-0.39, 0.29) is 5.91 Å². The van der Waals surface area contributed by atoms with Crippen LogP contribution in [0, 0.1) is 5.92 Å². The third-order valence-electron chi connectivity index (χ3n) is 4.25. The van der Waals surface area contributed by atoms with Gasteiger partial charge in [0.15, 0.2) is 0 Å². The zero-order valence-electron chi connectivity index (χ0n) is 12.3. The van der Waals surface area contributed by atoms with Crippen LogP contribution in [0.1, 0.15) is 50.5 Å². The van der Waals surface area contributed by atoms with E-state index in [4.69, 9.17) is 11.6 Å². The Morgan fingerprint density at radius 2 is 1.85 bits per heavy atom. The number of rotatable bonds is 5. The first-order chi connectivity index (χ1) is 9.65. The van der Waals surface area contributed by atoms with E-state index in [0.29, 0.717) is 13.0 Å². The van der Waals surface area contributed by atoms with Gasteiger partial charge in [0.1, 0.15) is 0 Å². The molecule has 0 spiro atoms. The summed E-state index contributed by atoms with van der Waals surface area (Å²) in [6.07, 6.45) is 8.45. The van der Waals surface area contributed by atoms with Crippen LogP contribution in [0.3, 0.4) is 0 Å². The van der Waals surface area contributed by atoms with Gasteiger partial charge in [-0.15, -0.1) is 0 Å². The zero-order valence-corrected chi connectivity index (χ0v) is 13.0. The zero-order chi connectivity index (χ0) is 14.4. The quantitative estimate of drug-likeness (QED) is 0.773. The predicted octanol–water partition coefficient (Wildman–Crippen LogP) is 4.66. The number of hydrogen-bond donors (Lipinski definition) is 0. The molecule has 0 bridgehead atoms. The van der Waals surface area contributed by atoms with Crippen molar-refractivity contribution in [3.8, 4) is 0 Å². The largest absolute Gasteiger partial charge is 0.341 e. The Balaban J connectivity index is 1.75. The Bertz CT molecular complexity index is 423. The molecule has 0 unspecified atom stereocenters. The highest BCUT2D eigenvalue weighted by Crippen LogP contribution is 2.27. The molecule has 20 heavy (non-hydrogen) atoms. The Morgan fingerprint density at radius 1 is 1.20 bits per heavy atom. The molecule has 110 valence electrons. The van der Waals surface area contributed by atoms with Crippen molar-refractivity contribution in [1.29, 1.82) is 0 Å². The van der Waals surface area contributed by atoms with Gasteiger partial charge in [0.2, 0.25) is 5.91 Å². The number of benzene rings is 1. The van der Waals surface area contributed by atoms with Crippen molar-refractivity contribution in [2.45, 2.75) is 51.5 Å². The molecule has 0 radical (unpaired) electrons. The maximum atomic E-state index is 12.2. The normalized spacial score (nSPS) is 16.1. The van der Waals surface area contributed by atoms with Crippen molar-refractivity contribution in [2.75, 3.05) is 7.05 Å². The molecule has 3 heteroatoms. The molecule has 0 heterocycles. The summed E-state index contributed by atoms with van der Waals surface area (Å²) in [5.74, 6) is 1.03. The minimum absolute atomic E-state index is 0.255. The van der Waals surface area contributed by atoms with Gasteiger partial charge >= 0.3 is 0 Å². The van der Waals surface area contributed by atoms with E-state index < -0.39 is 0 Å². The van der Waals surface area contributed by atoms with Gasteiger partial charge in [0.05, 0.1) is 0 Å². The summed E-state index contributed by atoms with van der Waals surface area (Å²) < 4.78 is 0. The standard InChI is InChI=1S/C17H24ClNO/c1-19(13-15-7-10-16(18)11-8-15)17(20)12-9-14-5-3-2-4-6-14/h7-8,10-11,14H,2-6,9,12-13H2,1H3. The summed E-state index contributed by atoms with van der Waals surface area (Å²) in [6, 6.07) is 7.70. The van der Waals surface area contributed by atoms with Crippen molar-refractivity contribution < 1.29 is 4.79 Å². The van der Waals surface area contributed by atoms with Gasteiger partial charge in [-0.25, -0.2) is 0 Å². The Labute approximate surface area is 127 Å². The number of carbonyl (C=O) groups excluding carboxylic acids is 1. The molecule has 0 saturated heterocycles. The van der Waals surface area contributed by atoms with Crippen LogP contribution in [0.4, 0.5) is 0 Å². The number of halogens is 1. The van der Waals surface area contributed by atoms with Gasteiger partial charge in [-0.1, -0.05) is 55.8 Å². The first-order valence-electron chi connectivity index (χ1n) is 7.63. The molecule has 1 aliphatic rings. The molecule has 1 aromatic carbocycles. The lowest BCUT2D eigenvalue weighted by Gasteiger charge is -2.23. The number of carbonyl (C=O) groups is 1. The first-order valence-corrected chi connectivity index (χ1v) is 8.01. The van der Waals surface area contributed by atoms with Gasteiger partial charge < -0.3 is 4.90 Å². The molecule has 1 amide bonds. The van der Waals surface area contributed by atoms with Crippen LogP contribution in [-0.2, 0) is 11.3 Å². The fourth-order valence-corrected chi connectivity index (χ4v) is 3.07. The minimum Gasteiger partial charge on any atom is -0.341 e. The molecule has 1 saturated carbocycles. The summed E-state index contributed by atoms with van der Waals surface area (Å²) in [6.45, 7) is 0.667. The highest BCUT2D eigenvalue weighted by atomic mass is 35.5. The third kappa shape index (κ3) is 4.82. The van der Waals surface area contributed by atoms with Crippen LogP contribution in [-0.4, -0.2) is 17.9 Å². The molecule has 0 aliphatic heterocycles. The molecule has 0 atom stereocenters. The second-order valence-corrected chi connectivity index (χ2v) is 6.36. The summed E-state index contributed by atoms with van der Waals surface area (Å²) in [5, 5.41) is 0.736. The lowest BCUT2D eigenvalue weighted by atomic mass is 9.86. The molecule has 1 fully saturated rings. The van der Waals surface area contributed by atoms with Gasteiger partial charge in [0, 0.05) is 25.0 Å². The molecule has 0 N–H and O–H groups in total. The number of amides is 1. The summed E-state index contributed by atoms with van der Waals surface area (Å²) >= 11 is 5.87. The predicted molar refractivity (Wildman–Crippen MR) is 83.7 cm³/mol. The molecule has 2 nitrogen and oxygen atoms in total. The topological polar surface area (TPSA) is 20.3 Å². The average molecular weight is 294 g/mol. The van der Waals surface area contributed by atoms with Crippen LogP contribution in [0.25, 0.3) is 0 Å². The van der Waals surface area contributed by atoms with Crippen molar-refractivity contribution in [2.24, 2.45) is 5.92 Å². The monoisotopic (exact) mass is 293 g/mol. The van der Waals surface area contributed by atoms with E-state index in [2.05, 4.69) is 0 Å². The summed E-state index contributed by atoms with van der Waals surface area (Å²) in [5.41, 5.74) is 1.13. The average Bonchev–Trinajstić information content (AvgIpc) is 2.48. The van der Waals surface area contributed by atoms with Crippen LogP contribution in [0.15, 0.2) is 24.3 Å². The second kappa shape index (κ2) is 7.68. The van der Waals surface area contributed by atoms with Crippen molar-refractivity contribution >= 4 is 17.5 Å². The Hall–Kier alpha value is -1.02. The van der Waals surface area contributed by atoms with E-state index in [1.807, 2.05) is 36.2 Å². The molecular weight excluding hydrogens is 270 g/mol. The van der Waals surface area contributed by atoms with E-state index in [9.17, 15) is 4.79 Å². The van der Waals surface area contributed by atoms with Crippen LogP contribution in [0.5, 0.6) is 0 Å². The van der Waals surface area contributed by atoms with Crippen LogP contribution in [0.2, 0.25) is 5.02 Å². The fourth-order valence-electron chi connectivity index (χ4n) is 2.95. The van der Waals surface area contributed by atoms with E-state index in [1.54, 1.807) is 0 Å². The molecule has 1 aliphatic carbocycles. The molecule has 2 rings (SSSR count). The minimum atomic E-state index is 0.255. The Morgan fingerprint density at radius 3 is 2.50 bits per heavy atom. The highest BCUT2D eigenvalue weighted by Gasteiger charge is 2.16. The number of nitrogens with zero attached hydrogens (tertiary/aromatic N) is 1. The molecular formula is C17H24ClNO. The molecule has 0 aromatic heterocycles. The summed E-state index contributed by atoms with van der Waals surface area (Å²) in [4.78, 5) is 14.0. The van der Waals surface area contributed by atoms with Crippen molar-refractivity contribution in [1.82, 2.24) is 4.90 Å². The third-order valence-corrected chi connectivity index (χ3v) is 4.50. The van der Waals surface area contributed by atoms with E-state index in [1.165, 1.54) is 32.1 Å². The summed E-state index contributed by atoms with van der Waals surface area (Å²) in [7, 11) is 1.89. The SMILES string of the molecule is CN(Cc1ccc(Cl)cc1)C(=O)CCC1CCCCC1. The van der Waals surface area contributed by atoms with E-state index in [0.717, 1.165) is 22.9 Å². The van der Waals surface area contributed by atoms with Gasteiger partial charge in [0.25, 0.3) is 0 Å². The Kier molecular flexibility index (Phi) is 5.90. The lowest BCUT2D eigenvalue weighted by Crippen LogP contribution is -2.26. The maximum absolute atomic E-state index is 12.2. The maximum Gasteiger partial charge on any atom is 0.222 e. The van der Waals surface area contributed by atoms with Gasteiger partial charge in [-0.05, 0) is 30.0 Å². The first kappa shape index (κ1) is 15.4. The highest BCUT2D eigenvalue weighted by molar-refractivity contribution is 6.30. The number of hydrogen-bond acceptors (Lipinski definition) is 1.